The van der Waals surface area contributed by atoms with Gasteiger partial charge in [-0.1, -0.05) is 132 Å². The summed E-state index contributed by atoms with van der Waals surface area (Å²) in [5.41, 5.74) is 19.8. The second kappa shape index (κ2) is 14.9. The lowest BCUT2D eigenvalue weighted by atomic mass is 9.97. The normalized spacial score (nSPS) is 12.1. The van der Waals surface area contributed by atoms with E-state index < -0.39 is 0 Å². The summed E-state index contributed by atoms with van der Waals surface area (Å²) < 4.78 is 10.3. The zero-order valence-corrected chi connectivity index (χ0v) is 39.8. The smallest absolute Gasteiger partial charge is 0.0541 e. The fraction of sp³-hybridized carbons (Fsp3) is 0.0625. The fourth-order valence-corrected chi connectivity index (χ4v) is 13.7. The van der Waals surface area contributed by atoms with Crippen LogP contribution in [-0.2, 0) is 0 Å². The molecule has 0 saturated carbocycles. The van der Waals surface area contributed by atoms with Crippen molar-refractivity contribution in [3.05, 3.63) is 216 Å². The van der Waals surface area contributed by atoms with E-state index in [0.717, 1.165) is 0 Å². The highest BCUT2D eigenvalue weighted by Crippen LogP contribution is 2.46. The van der Waals surface area contributed by atoms with Crippen LogP contribution in [0, 0.1) is 27.7 Å². The molecular formula is C64H44N2S2. The average Bonchev–Trinajstić information content (AvgIpc) is 4.13. The van der Waals surface area contributed by atoms with E-state index in [1.54, 1.807) is 0 Å². The Morgan fingerprint density at radius 2 is 0.603 bits per heavy atom. The number of aromatic nitrogens is 2. The van der Waals surface area contributed by atoms with Gasteiger partial charge in [0.25, 0.3) is 0 Å². The molecule has 10 aromatic carbocycles. The molecule has 0 aliphatic carbocycles. The van der Waals surface area contributed by atoms with Crippen molar-refractivity contribution in [3.8, 4) is 44.8 Å². The zero-order valence-electron chi connectivity index (χ0n) is 38.2. The molecule has 14 aromatic rings. The van der Waals surface area contributed by atoms with Crippen LogP contribution in [0.15, 0.2) is 194 Å². The third-order valence-corrected chi connectivity index (χ3v) is 17.3. The molecule has 0 atom stereocenters. The van der Waals surface area contributed by atoms with E-state index >= 15 is 0 Å². The summed E-state index contributed by atoms with van der Waals surface area (Å²) in [4.78, 5) is 0. The number of benzene rings is 10. The first-order chi connectivity index (χ1) is 33.3. The Morgan fingerprint density at radius 3 is 0.985 bits per heavy atom. The van der Waals surface area contributed by atoms with E-state index in [1.165, 1.54) is 151 Å². The summed E-state index contributed by atoms with van der Waals surface area (Å²) in [5, 5.41) is 10.3. The first-order valence-corrected chi connectivity index (χ1v) is 25.1. The molecule has 0 aliphatic heterocycles. The van der Waals surface area contributed by atoms with E-state index in [9.17, 15) is 0 Å². The van der Waals surface area contributed by atoms with Gasteiger partial charge in [-0.2, -0.15) is 0 Å². The minimum Gasteiger partial charge on any atom is -0.309 e. The molecule has 14 rings (SSSR count). The predicted octanol–water partition coefficient (Wildman–Crippen LogP) is 18.9. The molecule has 0 saturated heterocycles. The molecule has 0 unspecified atom stereocenters. The number of thiophene rings is 2. The molecule has 0 radical (unpaired) electrons. The van der Waals surface area contributed by atoms with Gasteiger partial charge in [0, 0.05) is 73.3 Å². The topological polar surface area (TPSA) is 9.86 Å². The van der Waals surface area contributed by atoms with Crippen LogP contribution in [0.3, 0.4) is 0 Å². The van der Waals surface area contributed by atoms with Gasteiger partial charge in [-0.25, -0.2) is 0 Å². The van der Waals surface area contributed by atoms with E-state index in [0.29, 0.717) is 0 Å². The van der Waals surface area contributed by atoms with Crippen molar-refractivity contribution in [3.63, 3.8) is 0 Å². The van der Waals surface area contributed by atoms with E-state index in [4.69, 9.17) is 0 Å². The van der Waals surface area contributed by atoms with Gasteiger partial charge in [0.05, 0.1) is 22.1 Å². The Hall–Kier alpha value is -7.76. The number of fused-ring (bicyclic) bond motifs is 12. The standard InChI is InChI=1S/C64H44N2S2/c1-37-17-25-45(26-18-37)65-57-29-21-41(33-53(57)55-35-43(23-31-59(55)65)47-11-7-15-51-49-13-5-9-39(3)61(49)67-63(47)51)42-22-30-58-54(34-42)56-36-44(24-32-60(56)66(58)46-27-19-38(2)20-28-46)48-12-8-16-52-50-14-6-10-40(4)62(50)68-64(48)52/h5-36H,1-4H3. The minimum absolute atomic E-state index is 1.17. The van der Waals surface area contributed by atoms with Gasteiger partial charge < -0.3 is 9.13 Å². The molecule has 2 nitrogen and oxygen atoms in total. The number of hydrogen-bond donors (Lipinski definition) is 0. The number of hydrogen-bond acceptors (Lipinski definition) is 2. The number of rotatable bonds is 5. The third-order valence-electron chi connectivity index (χ3n) is 14.5. The SMILES string of the molecule is Cc1ccc(-n2c3ccc(-c4ccc5c(c4)c4cc(-c6cccc7c6sc6c(C)cccc67)ccc4n5-c4ccc(C)cc4)cc3c3cc(-c4cccc5c4sc4c(C)cccc45)ccc32)cc1. The van der Waals surface area contributed by atoms with Gasteiger partial charge in [-0.3, -0.25) is 0 Å². The molecule has 4 aromatic heterocycles. The van der Waals surface area contributed by atoms with E-state index in [-0.39, 0.29) is 0 Å². The number of aryl methyl sites for hydroxylation is 4. The lowest BCUT2D eigenvalue weighted by Crippen LogP contribution is -1.94. The van der Waals surface area contributed by atoms with Gasteiger partial charge in [0.15, 0.2) is 0 Å². The van der Waals surface area contributed by atoms with Crippen molar-refractivity contribution in [2.75, 3.05) is 0 Å². The van der Waals surface area contributed by atoms with Gasteiger partial charge in [-0.05, 0) is 145 Å². The van der Waals surface area contributed by atoms with Crippen molar-refractivity contribution < 1.29 is 0 Å². The van der Waals surface area contributed by atoms with Crippen molar-refractivity contribution in [1.29, 1.82) is 0 Å². The number of nitrogens with zero attached hydrogens (tertiary/aromatic N) is 2. The lowest BCUT2D eigenvalue weighted by molar-refractivity contribution is 1.17. The Morgan fingerprint density at radius 1 is 0.279 bits per heavy atom. The minimum atomic E-state index is 1.17. The van der Waals surface area contributed by atoms with Gasteiger partial charge in [-0.15, -0.1) is 22.7 Å². The first kappa shape index (κ1) is 39.4. The third kappa shape index (κ3) is 5.87. The monoisotopic (exact) mass is 904 g/mol. The Balaban J connectivity index is 0.981. The molecule has 4 heterocycles. The maximum absolute atomic E-state index is 2.44. The quantitative estimate of drug-likeness (QED) is 0.163. The molecule has 0 fully saturated rings. The summed E-state index contributed by atoms with van der Waals surface area (Å²) in [6.07, 6.45) is 0. The van der Waals surface area contributed by atoms with Gasteiger partial charge >= 0.3 is 0 Å². The van der Waals surface area contributed by atoms with Crippen LogP contribution in [0.1, 0.15) is 22.3 Å². The molecule has 322 valence electrons. The molecule has 0 amide bonds. The predicted molar refractivity (Wildman–Crippen MR) is 296 cm³/mol. The summed E-state index contributed by atoms with van der Waals surface area (Å²) in [6, 6.07) is 73.3. The lowest BCUT2D eigenvalue weighted by Gasteiger charge is -2.10. The van der Waals surface area contributed by atoms with Crippen LogP contribution in [0.2, 0.25) is 0 Å². The van der Waals surface area contributed by atoms with E-state index in [1.807, 2.05) is 22.7 Å². The molecule has 4 heteroatoms. The first-order valence-electron chi connectivity index (χ1n) is 23.5. The van der Waals surface area contributed by atoms with Crippen molar-refractivity contribution in [1.82, 2.24) is 9.13 Å². The van der Waals surface area contributed by atoms with Gasteiger partial charge in [0.2, 0.25) is 0 Å². The molecule has 0 N–H and O–H groups in total. The molecule has 0 aliphatic rings. The fourth-order valence-electron chi connectivity index (χ4n) is 11.1. The Bertz CT molecular complexity index is 4120. The van der Waals surface area contributed by atoms with E-state index in [2.05, 4.69) is 231 Å². The zero-order chi connectivity index (χ0) is 45.4. The van der Waals surface area contributed by atoms with Crippen LogP contribution in [-0.4, -0.2) is 9.13 Å². The summed E-state index contributed by atoms with van der Waals surface area (Å²) in [5.74, 6) is 0. The maximum atomic E-state index is 2.44. The molecule has 0 spiro atoms. The summed E-state index contributed by atoms with van der Waals surface area (Å²) in [7, 11) is 0. The Kier molecular flexibility index (Phi) is 8.62. The average molecular weight is 905 g/mol. The van der Waals surface area contributed by atoms with Crippen LogP contribution in [0.5, 0.6) is 0 Å². The van der Waals surface area contributed by atoms with Crippen LogP contribution < -0.4 is 0 Å². The second-order valence-corrected chi connectivity index (χ2v) is 20.8. The van der Waals surface area contributed by atoms with Crippen LogP contribution in [0.25, 0.3) is 129 Å². The van der Waals surface area contributed by atoms with Crippen molar-refractivity contribution >= 4 is 107 Å². The van der Waals surface area contributed by atoms with Crippen molar-refractivity contribution in [2.24, 2.45) is 0 Å². The Labute approximate surface area is 402 Å². The highest BCUT2D eigenvalue weighted by Gasteiger charge is 2.20. The largest absolute Gasteiger partial charge is 0.309 e. The molecular weight excluding hydrogens is 861 g/mol. The molecule has 68 heavy (non-hydrogen) atoms. The van der Waals surface area contributed by atoms with Crippen LogP contribution >= 0.6 is 22.7 Å². The second-order valence-electron chi connectivity index (χ2n) is 18.7. The maximum Gasteiger partial charge on any atom is 0.0541 e. The summed E-state index contributed by atoms with van der Waals surface area (Å²) >= 11 is 3.84. The highest BCUT2D eigenvalue weighted by molar-refractivity contribution is 7.27. The van der Waals surface area contributed by atoms with Crippen LogP contribution in [0.4, 0.5) is 0 Å². The highest BCUT2D eigenvalue weighted by atomic mass is 32.1. The van der Waals surface area contributed by atoms with Crippen molar-refractivity contribution in [2.45, 2.75) is 27.7 Å². The van der Waals surface area contributed by atoms with Gasteiger partial charge in [0.1, 0.15) is 0 Å². The molecule has 0 bridgehead atoms. The summed E-state index contributed by atoms with van der Waals surface area (Å²) in [6.45, 7) is 8.78.